The average Bonchev–Trinajstić information content (AvgIpc) is 2.45. The molecule has 0 bridgehead atoms. The van der Waals surface area contributed by atoms with E-state index in [9.17, 15) is 4.79 Å². The Bertz CT molecular complexity index is 509. The molecule has 108 valence electrons. The summed E-state index contributed by atoms with van der Waals surface area (Å²) in [6, 6.07) is 5.62. The van der Waals surface area contributed by atoms with Gasteiger partial charge >= 0.3 is 5.97 Å². The molecule has 20 heavy (non-hydrogen) atoms. The number of carboxylic acids is 1. The molecule has 0 aromatic heterocycles. The molecule has 5 heteroatoms. The van der Waals surface area contributed by atoms with Crippen LogP contribution in [0.2, 0.25) is 5.02 Å². The Morgan fingerprint density at radius 3 is 2.65 bits per heavy atom. The van der Waals surface area contributed by atoms with Gasteiger partial charge in [-0.3, -0.25) is 0 Å². The molecular weight excluding hydrogens is 276 g/mol. The molecule has 0 unspecified atom stereocenters. The van der Waals surface area contributed by atoms with E-state index < -0.39 is 5.97 Å². The molecule has 0 radical (unpaired) electrons. The highest BCUT2D eigenvalue weighted by Gasteiger charge is 2.17. The predicted molar refractivity (Wildman–Crippen MR) is 82.4 cm³/mol. The number of rotatable bonds is 4. The lowest BCUT2D eigenvalue weighted by atomic mass is 10.1. The zero-order valence-electron chi connectivity index (χ0n) is 11.6. The molecule has 1 aliphatic heterocycles. The fraction of sp³-hybridized carbons (Fsp3) is 0.400. The fourth-order valence-corrected chi connectivity index (χ4v) is 2.59. The minimum atomic E-state index is -0.952. The van der Waals surface area contributed by atoms with Crippen LogP contribution in [-0.2, 0) is 4.79 Å². The van der Waals surface area contributed by atoms with Gasteiger partial charge < -0.3 is 14.9 Å². The van der Waals surface area contributed by atoms with Gasteiger partial charge in [-0.25, -0.2) is 4.79 Å². The van der Waals surface area contributed by atoms with Crippen molar-refractivity contribution in [2.24, 2.45) is 0 Å². The summed E-state index contributed by atoms with van der Waals surface area (Å²) in [4.78, 5) is 15.4. The third-order valence-electron chi connectivity index (χ3n) is 3.56. The van der Waals surface area contributed by atoms with E-state index in [-0.39, 0.29) is 0 Å². The van der Waals surface area contributed by atoms with Crippen LogP contribution in [0.5, 0.6) is 0 Å². The molecule has 0 saturated carbocycles. The first kappa shape index (κ1) is 14.9. The van der Waals surface area contributed by atoms with Crippen molar-refractivity contribution in [1.29, 1.82) is 0 Å². The number of benzene rings is 1. The summed E-state index contributed by atoms with van der Waals surface area (Å²) in [6.07, 6.45) is 2.76. The molecule has 0 amide bonds. The number of carbonyl (C=O) groups is 1. The topological polar surface area (TPSA) is 43.8 Å². The quantitative estimate of drug-likeness (QED) is 0.867. The van der Waals surface area contributed by atoms with Crippen molar-refractivity contribution in [1.82, 2.24) is 4.90 Å². The summed E-state index contributed by atoms with van der Waals surface area (Å²) in [6.45, 7) is 7.19. The van der Waals surface area contributed by atoms with Gasteiger partial charge in [0.2, 0.25) is 0 Å². The van der Waals surface area contributed by atoms with Gasteiger partial charge in [-0.15, -0.1) is 0 Å². The SMILES string of the molecule is CCN1CCN(c2ccc(Cl)cc2/C=C/C(=O)O)CC1. The molecule has 1 N–H and O–H groups in total. The molecule has 1 aromatic carbocycles. The molecular formula is C15H19ClN2O2. The minimum absolute atomic E-state index is 0.617. The van der Waals surface area contributed by atoms with Crippen molar-refractivity contribution in [3.63, 3.8) is 0 Å². The summed E-state index contributed by atoms with van der Waals surface area (Å²) in [7, 11) is 0. The van der Waals surface area contributed by atoms with Gasteiger partial charge in [-0.05, 0) is 36.4 Å². The summed E-state index contributed by atoms with van der Waals surface area (Å²) in [5.74, 6) is -0.952. The van der Waals surface area contributed by atoms with Gasteiger partial charge in [-0.2, -0.15) is 0 Å². The molecule has 2 rings (SSSR count). The maximum atomic E-state index is 10.7. The molecule has 0 spiro atoms. The van der Waals surface area contributed by atoms with Gasteiger partial charge in [0, 0.05) is 43.0 Å². The van der Waals surface area contributed by atoms with Gasteiger partial charge in [0.05, 0.1) is 0 Å². The highest BCUT2D eigenvalue weighted by Crippen LogP contribution is 2.26. The number of nitrogens with zero attached hydrogens (tertiary/aromatic N) is 2. The Balaban J connectivity index is 2.20. The highest BCUT2D eigenvalue weighted by atomic mass is 35.5. The maximum absolute atomic E-state index is 10.7. The van der Waals surface area contributed by atoms with Crippen molar-refractivity contribution in [3.05, 3.63) is 34.9 Å². The Morgan fingerprint density at radius 2 is 2.05 bits per heavy atom. The van der Waals surface area contributed by atoms with Gasteiger partial charge in [0.1, 0.15) is 0 Å². The molecule has 4 nitrogen and oxygen atoms in total. The Labute approximate surface area is 124 Å². The van der Waals surface area contributed by atoms with E-state index >= 15 is 0 Å². The highest BCUT2D eigenvalue weighted by molar-refractivity contribution is 6.30. The number of carboxylic acid groups (broad SMARTS) is 1. The first-order valence-corrected chi connectivity index (χ1v) is 7.16. The molecule has 1 fully saturated rings. The van der Waals surface area contributed by atoms with Crippen LogP contribution >= 0.6 is 11.6 Å². The van der Waals surface area contributed by atoms with Gasteiger partial charge in [0.15, 0.2) is 0 Å². The molecule has 1 aromatic rings. The Morgan fingerprint density at radius 1 is 1.35 bits per heavy atom. The lowest BCUT2D eigenvalue weighted by molar-refractivity contribution is -0.131. The first-order chi connectivity index (χ1) is 9.60. The third-order valence-corrected chi connectivity index (χ3v) is 3.79. The summed E-state index contributed by atoms with van der Waals surface area (Å²) in [5, 5.41) is 9.39. The zero-order chi connectivity index (χ0) is 14.5. The summed E-state index contributed by atoms with van der Waals surface area (Å²) < 4.78 is 0. The van der Waals surface area contributed by atoms with E-state index in [1.54, 1.807) is 6.08 Å². The third kappa shape index (κ3) is 3.74. The largest absolute Gasteiger partial charge is 0.478 e. The second kappa shape index (κ2) is 6.77. The summed E-state index contributed by atoms with van der Waals surface area (Å²) in [5.41, 5.74) is 1.90. The van der Waals surface area contributed by atoms with E-state index in [1.165, 1.54) is 0 Å². The number of hydrogen-bond donors (Lipinski definition) is 1. The van der Waals surface area contributed by atoms with Crippen LogP contribution in [0, 0.1) is 0 Å². The van der Waals surface area contributed by atoms with Crippen molar-refractivity contribution >= 4 is 29.3 Å². The van der Waals surface area contributed by atoms with E-state index in [0.29, 0.717) is 5.02 Å². The van der Waals surface area contributed by atoms with Crippen molar-refractivity contribution < 1.29 is 9.90 Å². The number of hydrogen-bond acceptors (Lipinski definition) is 3. The van der Waals surface area contributed by atoms with Crippen molar-refractivity contribution in [3.8, 4) is 0 Å². The smallest absolute Gasteiger partial charge is 0.328 e. The van der Waals surface area contributed by atoms with Crippen LogP contribution in [0.4, 0.5) is 5.69 Å². The van der Waals surface area contributed by atoms with Crippen LogP contribution in [0.1, 0.15) is 12.5 Å². The molecule has 1 heterocycles. The Hall–Kier alpha value is -1.52. The molecule has 1 saturated heterocycles. The number of piperazine rings is 1. The van der Waals surface area contributed by atoms with E-state index in [0.717, 1.165) is 50.1 Å². The van der Waals surface area contributed by atoms with E-state index in [4.69, 9.17) is 16.7 Å². The first-order valence-electron chi connectivity index (χ1n) is 6.78. The van der Waals surface area contributed by atoms with Crippen LogP contribution in [0.3, 0.4) is 0 Å². The van der Waals surface area contributed by atoms with Crippen molar-refractivity contribution in [2.75, 3.05) is 37.6 Å². The number of halogens is 1. The zero-order valence-corrected chi connectivity index (χ0v) is 12.3. The van der Waals surface area contributed by atoms with Crippen LogP contribution in [0.15, 0.2) is 24.3 Å². The lowest BCUT2D eigenvalue weighted by Crippen LogP contribution is -2.46. The lowest BCUT2D eigenvalue weighted by Gasteiger charge is -2.36. The van der Waals surface area contributed by atoms with Crippen LogP contribution in [-0.4, -0.2) is 48.7 Å². The number of anilines is 1. The second-order valence-corrected chi connectivity index (χ2v) is 5.23. The van der Waals surface area contributed by atoms with Gasteiger partial charge in [0.25, 0.3) is 0 Å². The van der Waals surface area contributed by atoms with E-state index in [2.05, 4.69) is 16.7 Å². The minimum Gasteiger partial charge on any atom is -0.478 e. The van der Waals surface area contributed by atoms with Gasteiger partial charge in [-0.1, -0.05) is 18.5 Å². The second-order valence-electron chi connectivity index (χ2n) is 4.80. The number of aliphatic carboxylic acids is 1. The monoisotopic (exact) mass is 294 g/mol. The molecule has 1 aliphatic rings. The van der Waals surface area contributed by atoms with Crippen LogP contribution in [0.25, 0.3) is 6.08 Å². The average molecular weight is 295 g/mol. The standard InChI is InChI=1S/C15H19ClN2O2/c1-2-17-7-9-18(10-8-17)14-5-4-13(16)11-12(14)3-6-15(19)20/h3-6,11H,2,7-10H2,1H3,(H,19,20)/b6-3+. The molecule has 0 atom stereocenters. The normalized spacial score (nSPS) is 16.8. The predicted octanol–water partition coefficient (Wildman–Crippen LogP) is 2.58. The van der Waals surface area contributed by atoms with Crippen LogP contribution < -0.4 is 4.90 Å². The Kier molecular flexibility index (Phi) is 5.04. The molecule has 0 aliphatic carbocycles. The number of likely N-dealkylation sites (N-methyl/N-ethyl adjacent to an activating group) is 1. The van der Waals surface area contributed by atoms with Crippen molar-refractivity contribution in [2.45, 2.75) is 6.92 Å². The maximum Gasteiger partial charge on any atom is 0.328 e. The van der Waals surface area contributed by atoms with E-state index in [1.807, 2.05) is 18.2 Å². The fourth-order valence-electron chi connectivity index (χ4n) is 2.41. The summed E-state index contributed by atoms with van der Waals surface area (Å²) >= 11 is 6.01.